The van der Waals surface area contributed by atoms with Crippen molar-refractivity contribution in [1.82, 2.24) is 30.9 Å². The number of imide groups is 1. The number of nitrogens with one attached hydrogen (secondary N) is 3. The molecule has 0 fully saturated rings. The van der Waals surface area contributed by atoms with Gasteiger partial charge in [0.05, 0.1) is 11.9 Å². The van der Waals surface area contributed by atoms with E-state index in [0.717, 1.165) is 12.2 Å². The van der Waals surface area contributed by atoms with E-state index in [0.29, 0.717) is 19.0 Å². The fraction of sp³-hybridized carbons (Fsp3) is 0.667. The number of hydrogen-bond acceptors (Lipinski definition) is 5. The van der Waals surface area contributed by atoms with Crippen LogP contribution in [0.15, 0.2) is 6.20 Å². The van der Waals surface area contributed by atoms with Crippen molar-refractivity contribution in [2.75, 3.05) is 13.1 Å². The van der Waals surface area contributed by atoms with Crippen molar-refractivity contribution < 1.29 is 9.59 Å². The third-order valence-corrected chi connectivity index (χ3v) is 2.37. The molecule has 0 aliphatic heterocycles. The van der Waals surface area contributed by atoms with E-state index in [4.69, 9.17) is 0 Å². The second-order valence-electron chi connectivity index (χ2n) is 4.84. The van der Waals surface area contributed by atoms with Crippen LogP contribution in [0.25, 0.3) is 0 Å². The predicted molar refractivity (Wildman–Crippen MR) is 73.8 cm³/mol. The van der Waals surface area contributed by atoms with Gasteiger partial charge >= 0.3 is 6.03 Å². The molecule has 1 rings (SSSR count). The maximum absolute atomic E-state index is 11.6. The fourth-order valence-corrected chi connectivity index (χ4v) is 1.40. The second kappa shape index (κ2) is 8.26. The van der Waals surface area contributed by atoms with Gasteiger partial charge in [-0.05, 0) is 12.5 Å². The van der Waals surface area contributed by atoms with E-state index in [1.165, 1.54) is 4.68 Å². The van der Waals surface area contributed by atoms with Crippen LogP contribution in [-0.2, 0) is 17.9 Å². The summed E-state index contributed by atoms with van der Waals surface area (Å²) >= 11 is 0. The van der Waals surface area contributed by atoms with Crippen molar-refractivity contribution in [3.05, 3.63) is 11.9 Å². The van der Waals surface area contributed by atoms with Crippen LogP contribution in [0.5, 0.6) is 0 Å². The van der Waals surface area contributed by atoms with Gasteiger partial charge in [0, 0.05) is 13.1 Å². The Labute approximate surface area is 118 Å². The topological polar surface area (TPSA) is 101 Å². The molecule has 0 saturated heterocycles. The number of nitrogens with zero attached hydrogens (tertiary/aromatic N) is 3. The van der Waals surface area contributed by atoms with Gasteiger partial charge in [-0.3, -0.25) is 10.1 Å². The highest BCUT2D eigenvalue weighted by Crippen LogP contribution is 1.92. The van der Waals surface area contributed by atoms with Crippen LogP contribution < -0.4 is 16.0 Å². The van der Waals surface area contributed by atoms with Gasteiger partial charge in [0.15, 0.2) is 0 Å². The first kappa shape index (κ1) is 16.1. The molecule has 0 spiro atoms. The zero-order chi connectivity index (χ0) is 15.0. The molecular formula is C12H22N6O2. The minimum Gasteiger partial charge on any atom is -0.338 e. The summed E-state index contributed by atoms with van der Waals surface area (Å²) in [6.45, 7) is 7.88. The largest absolute Gasteiger partial charge is 0.338 e. The summed E-state index contributed by atoms with van der Waals surface area (Å²) in [6.07, 6.45) is 1.67. The molecule has 0 aromatic carbocycles. The number of carbonyl (C=O) groups is 2. The first-order valence-electron chi connectivity index (χ1n) is 6.68. The average Bonchev–Trinajstić information content (AvgIpc) is 2.81. The summed E-state index contributed by atoms with van der Waals surface area (Å²) in [6, 6.07) is -0.489. The van der Waals surface area contributed by atoms with Gasteiger partial charge in [-0.1, -0.05) is 26.0 Å². The maximum atomic E-state index is 11.6. The quantitative estimate of drug-likeness (QED) is 0.646. The molecule has 1 heterocycles. The monoisotopic (exact) mass is 282 g/mol. The number of rotatable bonds is 7. The Kier molecular flexibility index (Phi) is 6.65. The van der Waals surface area contributed by atoms with Crippen molar-refractivity contribution in [1.29, 1.82) is 0 Å². The van der Waals surface area contributed by atoms with Crippen LogP contribution >= 0.6 is 0 Å². The van der Waals surface area contributed by atoms with Gasteiger partial charge in [-0.2, -0.15) is 0 Å². The molecule has 1 aromatic rings. The van der Waals surface area contributed by atoms with Gasteiger partial charge in [-0.15, -0.1) is 5.10 Å². The smallest absolute Gasteiger partial charge is 0.321 e. The third-order valence-electron chi connectivity index (χ3n) is 2.37. The van der Waals surface area contributed by atoms with Crippen LogP contribution in [0, 0.1) is 5.92 Å². The highest BCUT2D eigenvalue weighted by Gasteiger charge is 2.09. The number of urea groups is 1. The maximum Gasteiger partial charge on any atom is 0.321 e. The second-order valence-corrected chi connectivity index (χ2v) is 4.84. The van der Waals surface area contributed by atoms with Crippen LogP contribution in [0.4, 0.5) is 4.79 Å². The highest BCUT2D eigenvalue weighted by molar-refractivity contribution is 5.94. The van der Waals surface area contributed by atoms with E-state index in [1.54, 1.807) is 6.20 Å². The van der Waals surface area contributed by atoms with E-state index in [2.05, 4.69) is 26.3 Å². The van der Waals surface area contributed by atoms with E-state index < -0.39 is 11.9 Å². The average molecular weight is 282 g/mol. The normalized spacial score (nSPS) is 10.6. The fourth-order valence-electron chi connectivity index (χ4n) is 1.40. The van der Waals surface area contributed by atoms with Crippen LogP contribution in [0.2, 0.25) is 0 Å². The Morgan fingerprint density at radius 2 is 2.15 bits per heavy atom. The Balaban J connectivity index is 2.34. The summed E-state index contributed by atoms with van der Waals surface area (Å²) in [5, 5.41) is 15.7. The first-order valence-corrected chi connectivity index (χ1v) is 6.68. The molecule has 8 heteroatoms. The number of hydrogen-bond donors (Lipinski definition) is 3. The Morgan fingerprint density at radius 3 is 2.80 bits per heavy atom. The SMILES string of the molecule is CCNCc1cn(CC(=O)NC(=O)NCC(C)C)nn1. The van der Waals surface area contributed by atoms with Crippen molar-refractivity contribution in [2.45, 2.75) is 33.9 Å². The van der Waals surface area contributed by atoms with Gasteiger partial charge in [0.1, 0.15) is 6.54 Å². The highest BCUT2D eigenvalue weighted by atomic mass is 16.2. The lowest BCUT2D eigenvalue weighted by Gasteiger charge is -2.08. The lowest BCUT2D eigenvalue weighted by molar-refractivity contribution is -0.120. The van der Waals surface area contributed by atoms with Gasteiger partial charge < -0.3 is 10.6 Å². The van der Waals surface area contributed by atoms with E-state index in [1.807, 2.05) is 20.8 Å². The summed E-state index contributed by atoms with van der Waals surface area (Å²) in [5.74, 6) is -0.0917. The zero-order valence-electron chi connectivity index (χ0n) is 12.1. The molecule has 0 saturated carbocycles. The standard InChI is InChI=1S/C12H22N6O2/c1-4-13-6-10-7-18(17-16-10)8-11(19)15-12(20)14-5-9(2)3/h7,9,13H,4-6,8H2,1-3H3,(H2,14,15,19,20). The molecule has 3 amide bonds. The Bertz CT molecular complexity index is 443. The molecule has 112 valence electrons. The minimum atomic E-state index is -0.489. The van der Waals surface area contributed by atoms with Crippen LogP contribution in [0.3, 0.4) is 0 Å². The van der Waals surface area contributed by atoms with Crippen molar-refractivity contribution in [2.24, 2.45) is 5.92 Å². The summed E-state index contributed by atoms with van der Waals surface area (Å²) < 4.78 is 1.40. The molecule has 8 nitrogen and oxygen atoms in total. The number of aromatic nitrogens is 3. The molecule has 0 aliphatic carbocycles. The first-order chi connectivity index (χ1) is 9.51. The molecule has 0 aliphatic rings. The van der Waals surface area contributed by atoms with Crippen molar-refractivity contribution in [3.63, 3.8) is 0 Å². The van der Waals surface area contributed by atoms with Gasteiger partial charge in [0.2, 0.25) is 5.91 Å². The Morgan fingerprint density at radius 1 is 1.40 bits per heavy atom. The summed E-state index contributed by atoms with van der Waals surface area (Å²) in [7, 11) is 0. The lowest BCUT2D eigenvalue weighted by atomic mass is 10.2. The molecular weight excluding hydrogens is 260 g/mol. The molecule has 0 radical (unpaired) electrons. The molecule has 1 aromatic heterocycles. The van der Waals surface area contributed by atoms with Crippen molar-refractivity contribution in [3.8, 4) is 0 Å². The van der Waals surface area contributed by atoms with Crippen molar-refractivity contribution >= 4 is 11.9 Å². The predicted octanol–water partition coefficient (Wildman–Crippen LogP) is -0.131. The molecule has 20 heavy (non-hydrogen) atoms. The van der Waals surface area contributed by atoms with E-state index >= 15 is 0 Å². The molecule has 3 N–H and O–H groups in total. The number of amides is 3. The molecule has 0 unspecified atom stereocenters. The Hall–Kier alpha value is -1.96. The lowest BCUT2D eigenvalue weighted by Crippen LogP contribution is -2.42. The summed E-state index contributed by atoms with van der Waals surface area (Å²) in [5.41, 5.74) is 0.754. The zero-order valence-corrected chi connectivity index (χ0v) is 12.1. The minimum absolute atomic E-state index is 0.0335. The molecule has 0 atom stereocenters. The molecule has 0 bridgehead atoms. The van der Waals surface area contributed by atoms with Crippen LogP contribution in [-0.4, -0.2) is 40.0 Å². The van der Waals surface area contributed by atoms with Gasteiger partial charge in [0.25, 0.3) is 0 Å². The number of carbonyl (C=O) groups excluding carboxylic acids is 2. The van der Waals surface area contributed by atoms with Gasteiger partial charge in [-0.25, -0.2) is 9.48 Å². The third kappa shape index (κ3) is 6.28. The van der Waals surface area contributed by atoms with Crippen LogP contribution in [0.1, 0.15) is 26.5 Å². The summed E-state index contributed by atoms with van der Waals surface area (Å²) in [4.78, 5) is 23.0. The van der Waals surface area contributed by atoms with E-state index in [-0.39, 0.29) is 6.54 Å². The van der Waals surface area contributed by atoms with E-state index in [9.17, 15) is 9.59 Å².